The van der Waals surface area contributed by atoms with E-state index in [1.165, 1.54) is 132 Å². The van der Waals surface area contributed by atoms with Gasteiger partial charge in [-0.1, -0.05) is 220 Å². The number of carbonyl (C=O) groups excluding carboxylic acids is 1. The van der Waals surface area contributed by atoms with E-state index >= 15 is 0 Å². The van der Waals surface area contributed by atoms with Crippen LogP contribution in [0.2, 0.25) is 0 Å². The molecule has 3 heteroatoms. The zero-order valence-corrected chi connectivity index (χ0v) is 34.8. The summed E-state index contributed by atoms with van der Waals surface area (Å²) < 4.78 is 2.46. The van der Waals surface area contributed by atoms with Gasteiger partial charge in [0.25, 0.3) is 0 Å². The average molecular weight is 831 g/mol. The van der Waals surface area contributed by atoms with Crippen LogP contribution in [0.25, 0.3) is 43.8 Å². The molecule has 1 nitrogen and oxygen atoms in total. The normalized spacial score (nSPS) is 12.7. The molecule has 0 heterocycles. The molecule has 0 aliphatic heterocycles. The maximum Gasteiger partial charge on any atom is 0.150 e. The Bertz CT molecular complexity index is 2110. The average Bonchev–Trinajstić information content (AvgIpc) is 3.45. The van der Waals surface area contributed by atoms with Gasteiger partial charge >= 0.3 is 0 Å². The zero-order valence-electron chi connectivity index (χ0n) is 31.6. The van der Waals surface area contributed by atoms with Crippen LogP contribution in [0.3, 0.4) is 0 Å². The van der Waals surface area contributed by atoms with E-state index in [2.05, 4.69) is 119 Å². The van der Waals surface area contributed by atoms with Crippen LogP contribution in [0.5, 0.6) is 0 Å². The second-order valence-electron chi connectivity index (χ2n) is 14.9. The van der Waals surface area contributed by atoms with Gasteiger partial charge in [0.2, 0.25) is 0 Å². The lowest BCUT2D eigenvalue weighted by Crippen LogP contribution is -2.25. The summed E-state index contributed by atoms with van der Waals surface area (Å²) in [6, 6.07) is 40.6. The third kappa shape index (κ3) is 8.90. The molecule has 7 rings (SSSR count). The van der Waals surface area contributed by atoms with Crippen molar-refractivity contribution in [1.29, 1.82) is 0 Å². The molecule has 0 saturated carbocycles. The van der Waals surface area contributed by atoms with Crippen LogP contribution < -0.4 is 0 Å². The van der Waals surface area contributed by atoms with Crippen molar-refractivity contribution in [3.05, 3.63) is 141 Å². The minimum Gasteiger partial charge on any atom is -0.298 e. The highest BCUT2D eigenvalue weighted by Gasteiger charge is 2.43. The molecule has 6 aromatic carbocycles. The molecule has 0 unspecified atom stereocenters. The first kappa shape index (κ1) is 39.2. The minimum atomic E-state index is 0.122. The standard InChI is InChI=1S/C33H42Br2.C17H12O/c1-3-5-7-9-11-15-21-33(22-16-12-10-8-6-4-2)29-23-25(34)19-20-28(29)32-27-18-14-13-17-26(27)31(35)24-30(32)33;18-12-14-7-2-4-10-16(14)17-11-5-8-13-6-1-3-9-15(13)17/h13-14,17-20,23-24H,3-12,15-16,21-22H2,1-2H3;1-12H. The van der Waals surface area contributed by atoms with Crippen molar-refractivity contribution in [3.63, 3.8) is 0 Å². The number of hydrogen-bond acceptors (Lipinski definition) is 1. The summed E-state index contributed by atoms with van der Waals surface area (Å²) in [6.07, 6.45) is 19.7. The smallest absolute Gasteiger partial charge is 0.150 e. The lowest BCUT2D eigenvalue weighted by molar-refractivity contribution is 0.112. The summed E-state index contributed by atoms with van der Waals surface area (Å²) in [5, 5.41) is 5.09. The molecular weight excluding hydrogens is 776 g/mol. The Balaban J connectivity index is 0.000000222. The maximum atomic E-state index is 11.1. The van der Waals surface area contributed by atoms with Gasteiger partial charge in [0.1, 0.15) is 0 Å². The minimum absolute atomic E-state index is 0.122. The Morgan fingerprint density at radius 3 is 1.77 bits per heavy atom. The third-order valence-electron chi connectivity index (χ3n) is 11.4. The van der Waals surface area contributed by atoms with Crippen LogP contribution >= 0.6 is 31.9 Å². The molecule has 1 aliphatic rings. The van der Waals surface area contributed by atoms with Gasteiger partial charge in [-0.05, 0) is 86.0 Å². The van der Waals surface area contributed by atoms with Gasteiger partial charge in [0.05, 0.1) is 0 Å². The molecule has 0 saturated heterocycles. The number of hydrogen-bond donors (Lipinski definition) is 0. The third-order valence-corrected chi connectivity index (χ3v) is 12.5. The Morgan fingerprint density at radius 2 is 1.08 bits per heavy atom. The van der Waals surface area contributed by atoms with Crippen molar-refractivity contribution in [2.24, 2.45) is 0 Å². The van der Waals surface area contributed by atoms with Gasteiger partial charge in [-0.15, -0.1) is 0 Å². The lowest BCUT2D eigenvalue weighted by atomic mass is 9.70. The molecule has 1 aliphatic carbocycles. The fourth-order valence-electron chi connectivity index (χ4n) is 8.66. The largest absolute Gasteiger partial charge is 0.298 e. The summed E-state index contributed by atoms with van der Waals surface area (Å²) in [4.78, 5) is 11.1. The van der Waals surface area contributed by atoms with Crippen LogP contribution in [0.15, 0.2) is 124 Å². The van der Waals surface area contributed by atoms with Gasteiger partial charge in [0, 0.05) is 19.9 Å². The molecule has 6 aromatic rings. The first-order chi connectivity index (χ1) is 26.0. The topological polar surface area (TPSA) is 17.1 Å². The molecular formula is C50H54Br2O. The summed E-state index contributed by atoms with van der Waals surface area (Å²) in [5.74, 6) is 0. The number of fused-ring (bicyclic) bond motifs is 6. The first-order valence-electron chi connectivity index (χ1n) is 20.1. The molecule has 0 aromatic heterocycles. The monoisotopic (exact) mass is 828 g/mol. The number of rotatable bonds is 16. The van der Waals surface area contributed by atoms with E-state index in [1.807, 2.05) is 42.5 Å². The van der Waals surface area contributed by atoms with Crippen molar-refractivity contribution in [2.45, 2.75) is 109 Å². The summed E-state index contributed by atoms with van der Waals surface area (Å²) in [5.41, 5.74) is 9.03. The van der Waals surface area contributed by atoms with Gasteiger partial charge < -0.3 is 0 Å². The highest BCUT2D eigenvalue weighted by molar-refractivity contribution is 9.11. The van der Waals surface area contributed by atoms with Crippen LogP contribution in [0.1, 0.15) is 125 Å². The van der Waals surface area contributed by atoms with E-state index < -0.39 is 0 Å². The fourth-order valence-corrected chi connectivity index (χ4v) is 9.59. The molecule has 0 fully saturated rings. The van der Waals surface area contributed by atoms with Crippen molar-refractivity contribution in [1.82, 2.24) is 0 Å². The van der Waals surface area contributed by atoms with Gasteiger partial charge in [-0.25, -0.2) is 0 Å². The number of halogens is 2. The van der Waals surface area contributed by atoms with E-state index in [9.17, 15) is 4.79 Å². The van der Waals surface area contributed by atoms with Crippen molar-refractivity contribution < 1.29 is 4.79 Å². The molecule has 0 atom stereocenters. The lowest BCUT2D eigenvalue weighted by Gasteiger charge is -2.33. The van der Waals surface area contributed by atoms with Crippen molar-refractivity contribution in [3.8, 4) is 22.3 Å². The number of carbonyl (C=O) groups is 1. The predicted octanol–water partition coefficient (Wildman–Crippen LogP) is 16.5. The molecule has 0 spiro atoms. The van der Waals surface area contributed by atoms with E-state index in [-0.39, 0.29) is 5.41 Å². The Labute approximate surface area is 334 Å². The van der Waals surface area contributed by atoms with Crippen molar-refractivity contribution in [2.75, 3.05) is 0 Å². The quantitative estimate of drug-likeness (QED) is 0.0701. The fraction of sp³-hybridized carbons (Fsp3) is 0.340. The summed E-state index contributed by atoms with van der Waals surface area (Å²) in [6.45, 7) is 4.61. The van der Waals surface area contributed by atoms with Crippen molar-refractivity contribution >= 4 is 59.7 Å². The van der Waals surface area contributed by atoms with Crippen LogP contribution in [0, 0.1) is 0 Å². The predicted molar refractivity (Wildman–Crippen MR) is 236 cm³/mol. The highest BCUT2D eigenvalue weighted by atomic mass is 79.9. The van der Waals surface area contributed by atoms with Crippen LogP contribution in [-0.2, 0) is 5.41 Å². The number of benzene rings is 6. The van der Waals surface area contributed by atoms with Gasteiger partial charge in [-0.3, -0.25) is 4.79 Å². The zero-order chi connectivity index (χ0) is 37.0. The Hall–Kier alpha value is -3.53. The molecule has 0 bridgehead atoms. The van der Waals surface area contributed by atoms with Gasteiger partial charge in [0.15, 0.2) is 6.29 Å². The summed E-state index contributed by atoms with van der Waals surface area (Å²) >= 11 is 7.81. The van der Waals surface area contributed by atoms with E-state index in [4.69, 9.17) is 0 Å². The van der Waals surface area contributed by atoms with Crippen LogP contribution in [0.4, 0.5) is 0 Å². The number of aldehydes is 1. The first-order valence-corrected chi connectivity index (χ1v) is 21.7. The van der Waals surface area contributed by atoms with E-state index in [1.54, 1.807) is 11.1 Å². The molecule has 0 amide bonds. The molecule has 53 heavy (non-hydrogen) atoms. The number of unbranched alkanes of at least 4 members (excludes halogenated alkanes) is 10. The molecule has 0 radical (unpaired) electrons. The molecule has 0 N–H and O–H groups in total. The van der Waals surface area contributed by atoms with E-state index in [0.29, 0.717) is 0 Å². The SMILES string of the molecule is CCCCCCCCC1(CCCCCCCC)c2cc(Br)ccc2-c2c1cc(Br)c1ccccc21.O=Cc1ccccc1-c1cccc2ccccc12. The second-order valence-corrected chi connectivity index (χ2v) is 16.6. The molecule has 274 valence electrons. The Morgan fingerprint density at radius 1 is 0.509 bits per heavy atom. The highest BCUT2D eigenvalue weighted by Crippen LogP contribution is 2.57. The van der Waals surface area contributed by atoms with Crippen LogP contribution in [-0.4, -0.2) is 6.29 Å². The maximum absolute atomic E-state index is 11.1. The van der Waals surface area contributed by atoms with Gasteiger partial charge in [-0.2, -0.15) is 0 Å². The second kappa shape index (κ2) is 19.2. The van der Waals surface area contributed by atoms with E-state index in [0.717, 1.165) is 23.0 Å². The summed E-state index contributed by atoms with van der Waals surface area (Å²) in [7, 11) is 0. The Kier molecular flexibility index (Phi) is 14.2.